The molecule has 8 nitrogen and oxygen atoms in total. The number of amides is 2. The monoisotopic (exact) mass is 638 g/mol. The second kappa shape index (κ2) is 15.2. The predicted octanol–water partition coefficient (Wildman–Crippen LogP) is 6.03. The van der Waals surface area contributed by atoms with Crippen molar-refractivity contribution < 1.29 is 29.0 Å². The number of nitrogens with one attached hydrogen (secondary N) is 1. The van der Waals surface area contributed by atoms with Crippen molar-refractivity contribution in [2.45, 2.75) is 19.1 Å². The number of aliphatic carboxylic acids is 1. The Labute approximate surface area is 270 Å². The molecule has 2 amide bonds. The minimum Gasteiger partial charge on any atom is -0.485 e. The van der Waals surface area contributed by atoms with Crippen molar-refractivity contribution in [3.8, 4) is 11.5 Å². The van der Waals surface area contributed by atoms with Gasteiger partial charge in [0.25, 0.3) is 11.8 Å². The number of rotatable bonds is 13. The largest absolute Gasteiger partial charge is 0.485 e. The summed E-state index contributed by atoms with van der Waals surface area (Å²) in [7, 11) is 0. The van der Waals surface area contributed by atoms with Crippen LogP contribution in [0.2, 0.25) is 0 Å². The second-order valence-corrected chi connectivity index (χ2v) is 11.8. The molecule has 0 radical (unpaired) electrons. The number of thioether (sulfide) groups is 1. The van der Waals surface area contributed by atoms with E-state index in [9.17, 15) is 19.5 Å². The number of hydrogen-bond acceptors (Lipinski definition) is 7. The van der Waals surface area contributed by atoms with Crippen LogP contribution in [0.25, 0.3) is 6.08 Å². The molecule has 1 atom stereocenters. The van der Waals surface area contributed by atoms with Crippen LogP contribution in [0, 0.1) is 0 Å². The Bertz CT molecular complexity index is 1700. The van der Waals surface area contributed by atoms with E-state index >= 15 is 0 Å². The third kappa shape index (κ3) is 8.59. The predicted molar refractivity (Wildman–Crippen MR) is 178 cm³/mol. The summed E-state index contributed by atoms with van der Waals surface area (Å²) in [5, 5.41) is 12.2. The fourth-order valence-electron chi connectivity index (χ4n) is 4.58. The minimum absolute atomic E-state index is 0.171. The first-order chi connectivity index (χ1) is 21.9. The van der Waals surface area contributed by atoms with E-state index in [-0.39, 0.29) is 21.7 Å². The van der Waals surface area contributed by atoms with Gasteiger partial charge in [0.1, 0.15) is 17.5 Å². The number of hydrogen-bond donors (Lipinski definition) is 2. The van der Waals surface area contributed by atoms with Crippen LogP contribution < -0.4 is 14.8 Å². The number of ether oxygens (including phenoxy) is 2. The molecular formula is C35H30N2O6S2. The molecule has 2 N–H and O–H groups in total. The molecule has 1 heterocycles. The van der Waals surface area contributed by atoms with Gasteiger partial charge in [-0.15, -0.1) is 0 Å². The lowest BCUT2D eigenvalue weighted by molar-refractivity contribution is -0.140. The van der Waals surface area contributed by atoms with Crippen LogP contribution in [0.3, 0.4) is 0 Å². The van der Waals surface area contributed by atoms with Gasteiger partial charge in [0, 0.05) is 12.1 Å². The maximum Gasteiger partial charge on any atom is 0.323 e. The van der Waals surface area contributed by atoms with Crippen molar-refractivity contribution in [3.63, 3.8) is 0 Å². The lowest BCUT2D eigenvalue weighted by Gasteiger charge is -2.21. The number of carbonyl (C=O) groups excluding carboxylic acids is 2. The van der Waals surface area contributed by atoms with Gasteiger partial charge in [0.05, 0.1) is 4.91 Å². The molecule has 1 fully saturated rings. The molecule has 1 aliphatic rings. The normalized spacial score (nSPS) is 14.3. The summed E-state index contributed by atoms with van der Waals surface area (Å²) in [6.45, 7) is 0.176. The van der Waals surface area contributed by atoms with Gasteiger partial charge in [-0.2, -0.15) is 0 Å². The van der Waals surface area contributed by atoms with Crippen molar-refractivity contribution in [2.75, 3.05) is 13.1 Å². The average Bonchev–Trinajstić information content (AvgIpc) is 3.31. The Kier molecular flexibility index (Phi) is 10.6. The summed E-state index contributed by atoms with van der Waals surface area (Å²) in [5.41, 5.74) is 3.30. The maximum absolute atomic E-state index is 13.6. The highest BCUT2D eigenvalue weighted by Gasteiger charge is 2.33. The van der Waals surface area contributed by atoms with Gasteiger partial charge in [-0.3, -0.25) is 19.3 Å². The van der Waals surface area contributed by atoms with Crippen LogP contribution in [-0.2, 0) is 27.4 Å². The molecule has 5 rings (SSSR count). The van der Waals surface area contributed by atoms with Crippen LogP contribution in [0.4, 0.5) is 0 Å². The topological polar surface area (TPSA) is 105 Å². The van der Waals surface area contributed by atoms with Crippen molar-refractivity contribution in [3.05, 3.63) is 136 Å². The number of thiocarbonyl (C=S) groups is 1. The fraction of sp³-hybridized carbons (Fsp3) is 0.143. The Morgan fingerprint density at radius 3 is 2.20 bits per heavy atom. The SMILES string of the molecule is O=C(O)CN1C(=O)C(=Cc2ccc(OCc3ccccc3)c(OC(C(=O)NCCc3ccccc3)c3ccccc3)c2)SC1=S. The first-order valence-corrected chi connectivity index (χ1v) is 15.4. The van der Waals surface area contributed by atoms with E-state index in [0.717, 1.165) is 27.8 Å². The molecule has 0 spiro atoms. The van der Waals surface area contributed by atoms with Crippen molar-refractivity contribution >= 4 is 52.2 Å². The Morgan fingerprint density at radius 1 is 0.889 bits per heavy atom. The first-order valence-electron chi connectivity index (χ1n) is 14.2. The highest BCUT2D eigenvalue weighted by Crippen LogP contribution is 2.37. The zero-order valence-corrected chi connectivity index (χ0v) is 25.8. The third-order valence-electron chi connectivity index (χ3n) is 6.81. The van der Waals surface area contributed by atoms with Gasteiger partial charge in [0.15, 0.2) is 11.5 Å². The van der Waals surface area contributed by atoms with E-state index < -0.39 is 24.5 Å². The van der Waals surface area contributed by atoms with Crippen LogP contribution in [-0.4, -0.2) is 45.2 Å². The van der Waals surface area contributed by atoms with E-state index in [1.54, 1.807) is 24.3 Å². The molecule has 10 heteroatoms. The second-order valence-electron chi connectivity index (χ2n) is 10.1. The van der Waals surface area contributed by atoms with Crippen LogP contribution in [0.5, 0.6) is 11.5 Å². The summed E-state index contributed by atoms with van der Waals surface area (Å²) >= 11 is 6.27. The van der Waals surface area contributed by atoms with E-state index in [0.29, 0.717) is 35.6 Å². The van der Waals surface area contributed by atoms with Crippen molar-refractivity contribution in [2.24, 2.45) is 0 Å². The fourth-order valence-corrected chi connectivity index (χ4v) is 5.83. The Morgan fingerprint density at radius 2 is 1.53 bits per heavy atom. The standard InChI is InChI=1S/C35H30N2O6S2/c38-31(39)22-37-34(41)30(45-35(37)44)21-26-16-17-28(42-23-25-12-6-2-7-13-25)29(20-26)43-32(27-14-8-3-9-15-27)33(40)36-19-18-24-10-4-1-5-11-24/h1-17,20-21,32H,18-19,22-23H2,(H,36,40)(H,38,39). The first kappa shape index (κ1) is 31.5. The van der Waals surface area contributed by atoms with Gasteiger partial charge >= 0.3 is 5.97 Å². The molecule has 1 aliphatic heterocycles. The maximum atomic E-state index is 13.6. The molecule has 0 bridgehead atoms. The molecule has 0 aromatic heterocycles. The lowest BCUT2D eigenvalue weighted by atomic mass is 10.1. The van der Waals surface area contributed by atoms with E-state index in [4.69, 9.17) is 21.7 Å². The quantitative estimate of drug-likeness (QED) is 0.135. The number of carboxylic acids is 1. The molecule has 1 saturated heterocycles. The zero-order valence-electron chi connectivity index (χ0n) is 24.1. The van der Waals surface area contributed by atoms with Gasteiger partial charge < -0.3 is 19.9 Å². The number of nitrogens with zero attached hydrogens (tertiary/aromatic N) is 1. The summed E-state index contributed by atoms with van der Waals surface area (Å²) in [4.78, 5) is 39.0. The van der Waals surface area contributed by atoms with Crippen molar-refractivity contribution in [1.29, 1.82) is 0 Å². The third-order valence-corrected chi connectivity index (χ3v) is 8.19. The smallest absolute Gasteiger partial charge is 0.323 e. The summed E-state index contributed by atoms with van der Waals surface area (Å²) in [6, 6.07) is 33.9. The van der Waals surface area contributed by atoms with Gasteiger partial charge in [0.2, 0.25) is 6.10 Å². The Hall–Kier alpha value is -4.93. The number of carboxylic acid groups (broad SMARTS) is 1. The minimum atomic E-state index is -1.16. The lowest BCUT2D eigenvalue weighted by Crippen LogP contribution is -2.33. The summed E-state index contributed by atoms with van der Waals surface area (Å²) < 4.78 is 12.8. The van der Waals surface area contributed by atoms with Crippen LogP contribution in [0.1, 0.15) is 28.4 Å². The number of benzene rings is 4. The van der Waals surface area contributed by atoms with Crippen LogP contribution >= 0.6 is 24.0 Å². The molecule has 4 aromatic carbocycles. The summed E-state index contributed by atoms with van der Waals surface area (Å²) in [6.07, 6.45) is 1.28. The highest BCUT2D eigenvalue weighted by atomic mass is 32.2. The van der Waals surface area contributed by atoms with Gasteiger partial charge in [-0.25, -0.2) is 0 Å². The van der Waals surface area contributed by atoms with Crippen LogP contribution in [0.15, 0.2) is 114 Å². The molecule has 4 aromatic rings. The molecule has 1 unspecified atom stereocenters. The molecule has 0 aliphatic carbocycles. The zero-order chi connectivity index (χ0) is 31.6. The molecule has 228 valence electrons. The summed E-state index contributed by atoms with van der Waals surface area (Å²) in [5.74, 6) is -1.25. The number of carbonyl (C=O) groups is 3. The highest BCUT2D eigenvalue weighted by molar-refractivity contribution is 8.26. The van der Waals surface area contributed by atoms with Gasteiger partial charge in [-0.05, 0) is 41.3 Å². The van der Waals surface area contributed by atoms with E-state index in [2.05, 4.69) is 5.32 Å². The molecule has 0 saturated carbocycles. The van der Waals surface area contributed by atoms with E-state index in [1.165, 1.54) is 0 Å². The molecular weight excluding hydrogens is 609 g/mol. The molecule has 45 heavy (non-hydrogen) atoms. The average molecular weight is 639 g/mol. The van der Waals surface area contributed by atoms with E-state index in [1.807, 2.05) is 91.0 Å². The Balaban J connectivity index is 1.43. The van der Waals surface area contributed by atoms with Crippen molar-refractivity contribution in [1.82, 2.24) is 10.2 Å². The van der Waals surface area contributed by atoms with Gasteiger partial charge in [-0.1, -0.05) is 121 Å².